The Morgan fingerprint density at radius 3 is 2.68 bits per heavy atom. The van der Waals surface area contributed by atoms with E-state index in [-0.39, 0.29) is 12.5 Å². The number of pyridine rings is 1. The highest BCUT2D eigenvalue weighted by atomic mass is 16.3. The first-order valence-electron chi connectivity index (χ1n) is 7.05. The van der Waals surface area contributed by atoms with E-state index < -0.39 is 0 Å². The summed E-state index contributed by atoms with van der Waals surface area (Å²) in [6.45, 7) is 1.45. The molecule has 0 aliphatic heterocycles. The third kappa shape index (κ3) is 2.56. The molecule has 1 amide bonds. The quantitative estimate of drug-likeness (QED) is 0.778. The number of amides is 1. The van der Waals surface area contributed by atoms with Crippen LogP contribution in [0.4, 0.5) is 5.69 Å². The lowest BCUT2D eigenvalue weighted by Gasteiger charge is -2.13. The molecule has 22 heavy (non-hydrogen) atoms. The van der Waals surface area contributed by atoms with Gasteiger partial charge in [-0.15, -0.1) is 0 Å². The highest BCUT2D eigenvalue weighted by Crippen LogP contribution is 2.33. The first-order valence-corrected chi connectivity index (χ1v) is 7.05. The van der Waals surface area contributed by atoms with Crippen LogP contribution in [0.5, 0.6) is 0 Å². The summed E-state index contributed by atoms with van der Waals surface area (Å²) < 4.78 is 0. The Morgan fingerprint density at radius 1 is 1.09 bits per heavy atom. The predicted molar refractivity (Wildman–Crippen MR) is 87.4 cm³/mol. The third-order valence-corrected chi connectivity index (χ3v) is 3.56. The second kappa shape index (κ2) is 5.95. The molecule has 0 radical (unpaired) electrons. The van der Waals surface area contributed by atoms with Gasteiger partial charge >= 0.3 is 0 Å². The summed E-state index contributed by atoms with van der Waals surface area (Å²) in [5, 5.41) is 13.3. The van der Waals surface area contributed by atoms with Crippen molar-refractivity contribution in [2.24, 2.45) is 0 Å². The lowest BCUT2D eigenvalue weighted by molar-refractivity contribution is -0.114. The van der Waals surface area contributed by atoms with Gasteiger partial charge in [0.05, 0.1) is 17.8 Å². The highest BCUT2D eigenvalue weighted by molar-refractivity contribution is 6.05. The molecule has 1 heterocycles. The summed E-state index contributed by atoms with van der Waals surface area (Å²) in [4.78, 5) is 15.7. The van der Waals surface area contributed by atoms with Gasteiger partial charge in [-0.3, -0.25) is 9.78 Å². The van der Waals surface area contributed by atoms with Gasteiger partial charge in [0.1, 0.15) is 0 Å². The number of hydrogen-bond donors (Lipinski definition) is 2. The first-order chi connectivity index (χ1) is 10.7. The molecule has 0 aliphatic rings. The van der Waals surface area contributed by atoms with Gasteiger partial charge in [-0.05, 0) is 28.8 Å². The largest absolute Gasteiger partial charge is 0.392 e. The van der Waals surface area contributed by atoms with Crippen LogP contribution >= 0.6 is 0 Å². The van der Waals surface area contributed by atoms with Gasteiger partial charge in [0.25, 0.3) is 0 Å². The van der Waals surface area contributed by atoms with Crippen molar-refractivity contribution in [2.45, 2.75) is 13.5 Å². The Balaban J connectivity index is 2.26. The van der Waals surface area contributed by atoms with Gasteiger partial charge in [0.15, 0.2) is 0 Å². The number of carbonyl (C=O) groups excluding carboxylic acids is 1. The molecule has 0 bridgehead atoms. The van der Waals surface area contributed by atoms with Gasteiger partial charge in [-0.1, -0.05) is 36.4 Å². The van der Waals surface area contributed by atoms with Crippen LogP contribution in [0, 0.1) is 0 Å². The standard InChI is InChI=1S/C18H16N2O2/c1-12(22)20-17-9-8-15(16-7-4-10-19-18(16)17)14-6-3-2-5-13(14)11-21/h2-10,21H,11H2,1H3,(H,20,22). The van der Waals surface area contributed by atoms with Crippen LogP contribution in [0.15, 0.2) is 54.7 Å². The van der Waals surface area contributed by atoms with E-state index in [0.717, 1.165) is 27.6 Å². The molecule has 2 aromatic carbocycles. The fraction of sp³-hybridized carbons (Fsp3) is 0.111. The molecule has 4 nitrogen and oxygen atoms in total. The smallest absolute Gasteiger partial charge is 0.221 e. The van der Waals surface area contributed by atoms with E-state index in [0.29, 0.717) is 5.69 Å². The number of nitrogens with one attached hydrogen (secondary N) is 1. The van der Waals surface area contributed by atoms with Crippen molar-refractivity contribution < 1.29 is 9.90 Å². The maximum absolute atomic E-state index is 11.3. The molecule has 110 valence electrons. The Bertz CT molecular complexity index is 843. The molecule has 0 aliphatic carbocycles. The summed E-state index contributed by atoms with van der Waals surface area (Å²) in [6.07, 6.45) is 1.70. The normalized spacial score (nSPS) is 10.6. The van der Waals surface area contributed by atoms with Gasteiger partial charge in [-0.25, -0.2) is 0 Å². The lowest BCUT2D eigenvalue weighted by atomic mass is 9.96. The number of nitrogens with zero attached hydrogens (tertiary/aromatic N) is 1. The minimum Gasteiger partial charge on any atom is -0.392 e. The molecule has 0 saturated carbocycles. The Morgan fingerprint density at radius 2 is 1.91 bits per heavy atom. The number of carbonyl (C=O) groups is 1. The highest BCUT2D eigenvalue weighted by Gasteiger charge is 2.11. The van der Waals surface area contributed by atoms with E-state index in [1.165, 1.54) is 6.92 Å². The van der Waals surface area contributed by atoms with E-state index in [4.69, 9.17) is 0 Å². The van der Waals surface area contributed by atoms with Crippen molar-refractivity contribution >= 4 is 22.5 Å². The monoisotopic (exact) mass is 292 g/mol. The minimum absolute atomic E-state index is 0.0224. The SMILES string of the molecule is CC(=O)Nc1ccc(-c2ccccc2CO)c2cccnc12. The molecule has 2 N–H and O–H groups in total. The second-order valence-corrected chi connectivity index (χ2v) is 5.06. The number of benzene rings is 2. The van der Waals surface area contributed by atoms with Crippen molar-refractivity contribution in [1.29, 1.82) is 0 Å². The van der Waals surface area contributed by atoms with Crippen molar-refractivity contribution in [2.75, 3.05) is 5.32 Å². The molecule has 0 unspecified atom stereocenters. The Labute approximate surface area is 128 Å². The van der Waals surface area contributed by atoms with Gasteiger partial charge in [0, 0.05) is 18.5 Å². The summed E-state index contributed by atoms with van der Waals surface area (Å²) in [7, 11) is 0. The van der Waals surface area contributed by atoms with Crippen molar-refractivity contribution in [3.8, 4) is 11.1 Å². The number of rotatable bonds is 3. The lowest BCUT2D eigenvalue weighted by Crippen LogP contribution is -2.06. The molecule has 0 fully saturated rings. The van der Waals surface area contributed by atoms with E-state index in [1.807, 2.05) is 48.5 Å². The minimum atomic E-state index is -0.129. The van der Waals surface area contributed by atoms with Gasteiger partial charge in [0.2, 0.25) is 5.91 Å². The molecule has 3 aromatic rings. The van der Waals surface area contributed by atoms with E-state index in [9.17, 15) is 9.90 Å². The first kappa shape index (κ1) is 14.2. The maximum Gasteiger partial charge on any atom is 0.221 e. The zero-order valence-electron chi connectivity index (χ0n) is 12.2. The zero-order chi connectivity index (χ0) is 15.5. The number of aliphatic hydroxyl groups is 1. The van der Waals surface area contributed by atoms with Crippen molar-refractivity contribution in [1.82, 2.24) is 4.98 Å². The van der Waals surface area contributed by atoms with Gasteiger partial charge in [-0.2, -0.15) is 0 Å². The van der Waals surface area contributed by atoms with Crippen LogP contribution in [-0.4, -0.2) is 16.0 Å². The van der Waals surface area contributed by atoms with E-state index in [2.05, 4.69) is 10.3 Å². The van der Waals surface area contributed by atoms with Crippen LogP contribution in [0.3, 0.4) is 0 Å². The summed E-state index contributed by atoms with van der Waals surface area (Å²) in [5.41, 5.74) is 4.25. The van der Waals surface area contributed by atoms with Crippen LogP contribution in [0.2, 0.25) is 0 Å². The summed E-state index contributed by atoms with van der Waals surface area (Å²) >= 11 is 0. The number of fused-ring (bicyclic) bond motifs is 1. The molecular formula is C18H16N2O2. The van der Waals surface area contributed by atoms with Crippen LogP contribution in [-0.2, 0) is 11.4 Å². The predicted octanol–water partition coefficient (Wildman–Crippen LogP) is 3.35. The van der Waals surface area contributed by atoms with Crippen molar-refractivity contribution in [3.63, 3.8) is 0 Å². The maximum atomic E-state index is 11.3. The Hall–Kier alpha value is -2.72. The summed E-state index contributed by atoms with van der Waals surface area (Å²) in [5.74, 6) is -0.129. The second-order valence-electron chi connectivity index (χ2n) is 5.06. The number of hydrogen-bond acceptors (Lipinski definition) is 3. The number of aromatic nitrogens is 1. The van der Waals surface area contributed by atoms with Crippen LogP contribution in [0.25, 0.3) is 22.0 Å². The molecule has 1 aromatic heterocycles. The number of anilines is 1. The average molecular weight is 292 g/mol. The van der Waals surface area contributed by atoms with Gasteiger partial charge < -0.3 is 10.4 Å². The molecule has 0 atom stereocenters. The van der Waals surface area contributed by atoms with Crippen LogP contribution in [0.1, 0.15) is 12.5 Å². The van der Waals surface area contributed by atoms with E-state index >= 15 is 0 Å². The molecule has 3 rings (SSSR count). The van der Waals surface area contributed by atoms with Crippen LogP contribution < -0.4 is 5.32 Å². The molecule has 0 spiro atoms. The molecule has 0 saturated heterocycles. The average Bonchev–Trinajstić information content (AvgIpc) is 2.55. The van der Waals surface area contributed by atoms with Crippen molar-refractivity contribution in [3.05, 3.63) is 60.3 Å². The third-order valence-electron chi connectivity index (χ3n) is 3.56. The summed E-state index contributed by atoms with van der Waals surface area (Å²) in [6, 6.07) is 15.4. The molecular weight excluding hydrogens is 276 g/mol. The number of aliphatic hydroxyl groups excluding tert-OH is 1. The topological polar surface area (TPSA) is 62.2 Å². The fourth-order valence-electron chi connectivity index (χ4n) is 2.62. The molecule has 4 heteroatoms. The zero-order valence-corrected chi connectivity index (χ0v) is 12.2. The Kier molecular flexibility index (Phi) is 3.85. The fourth-order valence-corrected chi connectivity index (χ4v) is 2.62. The van der Waals surface area contributed by atoms with E-state index in [1.54, 1.807) is 6.20 Å².